The molecule has 1 nitrogen and oxygen atoms in total. The van der Waals surface area contributed by atoms with Gasteiger partial charge in [-0.3, -0.25) is 0 Å². The Hall–Kier alpha value is -0.0400. The third kappa shape index (κ3) is 0.581. The quantitative estimate of drug-likeness (QED) is 0.517. The molecule has 1 heteroatoms. The Morgan fingerprint density at radius 1 is 1.36 bits per heavy atom. The van der Waals surface area contributed by atoms with Crippen molar-refractivity contribution in [3.63, 3.8) is 0 Å². The van der Waals surface area contributed by atoms with E-state index >= 15 is 0 Å². The standard InChI is InChI=1S/C10H16O/c1-9-6-10(9)5-3-2-4-8(10)11-7-9/h8H,2-7H2,1H3/t8-,9+,10-/m1/s1. The zero-order chi connectivity index (χ0) is 7.53. The maximum absolute atomic E-state index is 5.81. The van der Waals surface area contributed by atoms with Gasteiger partial charge < -0.3 is 4.74 Å². The lowest BCUT2D eigenvalue weighted by atomic mass is 9.80. The van der Waals surface area contributed by atoms with Gasteiger partial charge in [0.25, 0.3) is 0 Å². The fourth-order valence-electron chi connectivity index (χ4n) is 3.47. The monoisotopic (exact) mass is 152 g/mol. The number of hydrogen-bond donors (Lipinski definition) is 0. The molecule has 0 aromatic rings. The highest BCUT2D eigenvalue weighted by Crippen LogP contribution is 2.74. The van der Waals surface area contributed by atoms with E-state index in [-0.39, 0.29) is 0 Å². The summed E-state index contributed by atoms with van der Waals surface area (Å²) in [5, 5.41) is 0. The van der Waals surface area contributed by atoms with E-state index in [2.05, 4.69) is 6.92 Å². The Labute approximate surface area is 68.1 Å². The lowest BCUT2D eigenvalue weighted by Crippen LogP contribution is -2.25. The molecule has 1 aliphatic heterocycles. The van der Waals surface area contributed by atoms with E-state index in [1.807, 2.05) is 0 Å². The van der Waals surface area contributed by atoms with Crippen LogP contribution in [0.15, 0.2) is 0 Å². The minimum Gasteiger partial charge on any atom is -0.377 e. The van der Waals surface area contributed by atoms with Crippen LogP contribution in [0.4, 0.5) is 0 Å². The first-order valence-electron chi connectivity index (χ1n) is 4.89. The van der Waals surface area contributed by atoms with Crippen molar-refractivity contribution in [3.05, 3.63) is 0 Å². The average Bonchev–Trinajstić information content (AvgIpc) is 2.47. The highest BCUT2D eigenvalue weighted by Gasteiger charge is 2.72. The summed E-state index contributed by atoms with van der Waals surface area (Å²) in [6, 6.07) is 0. The molecule has 0 amide bonds. The Bertz CT molecular complexity index is 199. The van der Waals surface area contributed by atoms with Gasteiger partial charge >= 0.3 is 0 Å². The Balaban J connectivity index is 1.94. The van der Waals surface area contributed by atoms with Crippen LogP contribution in [0.5, 0.6) is 0 Å². The van der Waals surface area contributed by atoms with Crippen molar-refractivity contribution in [2.45, 2.75) is 45.1 Å². The molecular weight excluding hydrogens is 136 g/mol. The van der Waals surface area contributed by atoms with Crippen LogP contribution in [0.2, 0.25) is 0 Å². The largest absolute Gasteiger partial charge is 0.377 e. The first-order chi connectivity index (χ1) is 5.27. The van der Waals surface area contributed by atoms with Crippen LogP contribution in [0.25, 0.3) is 0 Å². The van der Waals surface area contributed by atoms with Gasteiger partial charge in [0.15, 0.2) is 0 Å². The second kappa shape index (κ2) is 1.66. The first kappa shape index (κ1) is 6.47. The molecule has 0 unspecified atom stereocenters. The van der Waals surface area contributed by atoms with Gasteiger partial charge in [-0.05, 0) is 24.7 Å². The lowest BCUT2D eigenvalue weighted by Gasteiger charge is -2.27. The van der Waals surface area contributed by atoms with Crippen LogP contribution in [-0.4, -0.2) is 12.7 Å². The Kier molecular flexibility index (Phi) is 0.976. The molecule has 2 saturated carbocycles. The van der Waals surface area contributed by atoms with E-state index in [0.29, 0.717) is 16.9 Å². The molecule has 0 N–H and O–H groups in total. The van der Waals surface area contributed by atoms with Gasteiger partial charge in [0, 0.05) is 5.41 Å². The van der Waals surface area contributed by atoms with E-state index in [9.17, 15) is 0 Å². The molecule has 0 aromatic heterocycles. The molecule has 0 aromatic carbocycles. The van der Waals surface area contributed by atoms with Crippen molar-refractivity contribution in [3.8, 4) is 0 Å². The molecular formula is C10H16O. The number of ether oxygens (including phenoxy) is 1. The third-order valence-corrected chi connectivity index (χ3v) is 4.34. The second-order valence-corrected chi connectivity index (χ2v) is 4.94. The van der Waals surface area contributed by atoms with Crippen LogP contribution in [0.1, 0.15) is 39.0 Å². The molecule has 2 aliphatic carbocycles. The summed E-state index contributed by atoms with van der Waals surface area (Å²) in [6.45, 7) is 3.47. The van der Waals surface area contributed by atoms with E-state index in [0.717, 1.165) is 6.61 Å². The smallest absolute Gasteiger partial charge is 0.0637 e. The highest BCUT2D eigenvalue weighted by molar-refractivity contribution is 5.20. The predicted octanol–water partition coefficient (Wildman–Crippen LogP) is 2.36. The van der Waals surface area contributed by atoms with Crippen molar-refractivity contribution in [1.29, 1.82) is 0 Å². The molecule has 62 valence electrons. The van der Waals surface area contributed by atoms with Gasteiger partial charge in [0.1, 0.15) is 0 Å². The van der Waals surface area contributed by atoms with Gasteiger partial charge in [0.2, 0.25) is 0 Å². The van der Waals surface area contributed by atoms with Crippen LogP contribution >= 0.6 is 0 Å². The maximum Gasteiger partial charge on any atom is 0.0637 e. The summed E-state index contributed by atoms with van der Waals surface area (Å²) in [5.74, 6) is 0. The zero-order valence-corrected chi connectivity index (χ0v) is 7.23. The summed E-state index contributed by atoms with van der Waals surface area (Å²) in [6.07, 6.45) is 7.77. The lowest BCUT2D eigenvalue weighted by molar-refractivity contribution is 0.0276. The van der Waals surface area contributed by atoms with Gasteiger partial charge in [0.05, 0.1) is 12.7 Å². The fourth-order valence-corrected chi connectivity index (χ4v) is 3.47. The Morgan fingerprint density at radius 3 is 3.00 bits per heavy atom. The van der Waals surface area contributed by atoms with Gasteiger partial charge in [-0.15, -0.1) is 0 Å². The highest BCUT2D eigenvalue weighted by atomic mass is 16.5. The van der Waals surface area contributed by atoms with Gasteiger partial charge in [-0.25, -0.2) is 0 Å². The predicted molar refractivity (Wildman–Crippen MR) is 43.4 cm³/mol. The third-order valence-electron chi connectivity index (χ3n) is 4.34. The summed E-state index contributed by atoms with van der Waals surface area (Å²) in [7, 11) is 0. The summed E-state index contributed by atoms with van der Waals surface area (Å²) < 4.78 is 5.81. The van der Waals surface area contributed by atoms with Crippen molar-refractivity contribution in [2.24, 2.45) is 10.8 Å². The van der Waals surface area contributed by atoms with Crippen molar-refractivity contribution >= 4 is 0 Å². The number of rotatable bonds is 0. The molecule has 1 saturated heterocycles. The van der Waals surface area contributed by atoms with Crippen molar-refractivity contribution < 1.29 is 4.74 Å². The van der Waals surface area contributed by atoms with Crippen LogP contribution in [-0.2, 0) is 4.74 Å². The molecule has 0 bridgehead atoms. The van der Waals surface area contributed by atoms with Crippen LogP contribution < -0.4 is 0 Å². The summed E-state index contributed by atoms with van der Waals surface area (Å²) in [5.41, 5.74) is 1.28. The molecule has 3 atom stereocenters. The molecule has 3 aliphatic rings. The molecule has 3 rings (SSSR count). The van der Waals surface area contributed by atoms with Gasteiger partial charge in [-0.1, -0.05) is 19.8 Å². The molecule has 1 heterocycles. The molecule has 0 radical (unpaired) electrons. The van der Waals surface area contributed by atoms with E-state index in [4.69, 9.17) is 4.74 Å². The SMILES string of the molecule is C[C@]12CO[C@@H]3CCCC[C@@]31C2. The van der Waals surface area contributed by atoms with E-state index < -0.39 is 0 Å². The van der Waals surface area contributed by atoms with E-state index in [1.165, 1.54) is 32.1 Å². The first-order valence-corrected chi connectivity index (χ1v) is 4.89. The Morgan fingerprint density at radius 2 is 2.27 bits per heavy atom. The number of hydrogen-bond acceptors (Lipinski definition) is 1. The van der Waals surface area contributed by atoms with Crippen LogP contribution in [0, 0.1) is 10.8 Å². The summed E-state index contributed by atoms with van der Waals surface area (Å²) >= 11 is 0. The van der Waals surface area contributed by atoms with Crippen molar-refractivity contribution in [1.82, 2.24) is 0 Å². The molecule has 1 spiro atoms. The zero-order valence-electron chi connectivity index (χ0n) is 7.23. The topological polar surface area (TPSA) is 9.23 Å². The second-order valence-electron chi connectivity index (χ2n) is 4.94. The van der Waals surface area contributed by atoms with Crippen molar-refractivity contribution in [2.75, 3.05) is 6.61 Å². The maximum atomic E-state index is 5.81. The average molecular weight is 152 g/mol. The summed E-state index contributed by atoms with van der Waals surface area (Å²) in [4.78, 5) is 0. The molecule has 11 heavy (non-hydrogen) atoms. The normalized spacial score (nSPS) is 60.3. The van der Waals surface area contributed by atoms with Crippen LogP contribution in [0.3, 0.4) is 0 Å². The van der Waals surface area contributed by atoms with Gasteiger partial charge in [-0.2, -0.15) is 0 Å². The van der Waals surface area contributed by atoms with E-state index in [1.54, 1.807) is 0 Å². The minimum absolute atomic E-state index is 0.609. The molecule has 3 fully saturated rings. The fraction of sp³-hybridized carbons (Fsp3) is 1.00. The minimum atomic E-state index is 0.609.